The SMILES string of the molecule is Nc1ccc(C(=O)OCC(=O)Nc2ccc(Br)cc2)cc1[N+](=O)[O-]. The summed E-state index contributed by atoms with van der Waals surface area (Å²) in [5.74, 6) is -1.39. The van der Waals surface area contributed by atoms with Crippen molar-refractivity contribution in [3.05, 3.63) is 62.6 Å². The number of carbonyl (C=O) groups is 2. The van der Waals surface area contributed by atoms with E-state index in [0.717, 1.165) is 10.5 Å². The van der Waals surface area contributed by atoms with Gasteiger partial charge in [-0.05, 0) is 36.4 Å². The van der Waals surface area contributed by atoms with Gasteiger partial charge >= 0.3 is 5.97 Å². The third-order valence-corrected chi connectivity index (χ3v) is 3.45. The van der Waals surface area contributed by atoms with Gasteiger partial charge in [0.05, 0.1) is 10.5 Å². The van der Waals surface area contributed by atoms with Crippen molar-refractivity contribution in [2.75, 3.05) is 17.7 Å². The lowest BCUT2D eigenvalue weighted by Crippen LogP contribution is -2.21. The van der Waals surface area contributed by atoms with E-state index >= 15 is 0 Å². The maximum absolute atomic E-state index is 11.9. The molecule has 2 rings (SSSR count). The van der Waals surface area contributed by atoms with Gasteiger partial charge in [-0.25, -0.2) is 4.79 Å². The van der Waals surface area contributed by atoms with E-state index in [2.05, 4.69) is 21.2 Å². The number of amides is 1. The molecule has 0 aliphatic carbocycles. The lowest BCUT2D eigenvalue weighted by molar-refractivity contribution is -0.383. The Morgan fingerprint density at radius 1 is 1.21 bits per heavy atom. The molecule has 0 atom stereocenters. The number of hydrogen-bond acceptors (Lipinski definition) is 6. The lowest BCUT2D eigenvalue weighted by atomic mass is 10.2. The van der Waals surface area contributed by atoms with Gasteiger partial charge in [-0.15, -0.1) is 0 Å². The van der Waals surface area contributed by atoms with Crippen LogP contribution in [0, 0.1) is 10.1 Å². The third-order valence-electron chi connectivity index (χ3n) is 2.93. The molecule has 0 aromatic heterocycles. The number of rotatable bonds is 5. The molecule has 2 aromatic carbocycles. The van der Waals surface area contributed by atoms with Gasteiger partial charge in [0.25, 0.3) is 11.6 Å². The number of nitro benzene ring substituents is 1. The highest BCUT2D eigenvalue weighted by molar-refractivity contribution is 9.10. The van der Waals surface area contributed by atoms with E-state index in [-0.39, 0.29) is 11.3 Å². The number of benzene rings is 2. The number of carbonyl (C=O) groups excluding carboxylic acids is 2. The molecule has 9 heteroatoms. The van der Waals surface area contributed by atoms with E-state index in [4.69, 9.17) is 10.5 Å². The van der Waals surface area contributed by atoms with Crippen LogP contribution in [0.5, 0.6) is 0 Å². The summed E-state index contributed by atoms with van der Waals surface area (Å²) in [4.78, 5) is 33.7. The highest BCUT2D eigenvalue weighted by atomic mass is 79.9. The summed E-state index contributed by atoms with van der Waals surface area (Å²) in [6.45, 7) is -0.521. The largest absolute Gasteiger partial charge is 0.452 e. The van der Waals surface area contributed by atoms with Crippen LogP contribution in [-0.2, 0) is 9.53 Å². The van der Waals surface area contributed by atoms with Crippen molar-refractivity contribution in [3.8, 4) is 0 Å². The predicted octanol–water partition coefficient (Wildman–Crippen LogP) is 2.74. The van der Waals surface area contributed by atoms with Gasteiger partial charge in [0.15, 0.2) is 6.61 Å². The summed E-state index contributed by atoms with van der Waals surface area (Å²) in [6.07, 6.45) is 0. The molecule has 0 aliphatic heterocycles. The number of hydrogen-bond donors (Lipinski definition) is 2. The smallest absolute Gasteiger partial charge is 0.338 e. The van der Waals surface area contributed by atoms with Crippen molar-refractivity contribution in [3.63, 3.8) is 0 Å². The molecule has 0 aliphatic rings. The van der Waals surface area contributed by atoms with Gasteiger partial charge < -0.3 is 15.8 Å². The van der Waals surface area contributed by atoms with Gasteiger partial charge in [0, 0.05) is 16.2 Å². The van der Waals surface area contributed by atoms with Crippen molar-refractivity contribution in [2.24, 2.45) is 0 Å². The van der Waals surface area contributed by atoms with Gasteiger partial charge in [-0.1, -0.05) is 15.9 Å². The van der Waals surface area contributed by atoms with Crippen LogP contribution in [0.25, 0.3) is 0 Å². The number of ether oxygens (including phenoxy) is 1. The number of nitrogens with one attached hydrogen (secondary N) is 1. The van der Waals surface area contributed by atoms with Crippen LogP contribution < -0.4 is 11.1 Å². The Morgan fingerprint density at radius 2 is 1.88 bits per heavy atom. The van der Waals surface area contributed by atoms with E-state index in [9.17, 15) is 19.7 Å². The molecular formula is C15H12BrN3O5. The second-order valence-corrected chi connectivity index (χ2v) is 5.58. The van der Waals surface area contributed by atoms with Gasteiger partial charge in [0.2, 0.25) is 0 Å². The van der Waals surface area contributed by atoms with Crippen molar-refractivity contribution in [1.82, 2.24) is 0 Å². The first-order chi connectivity index (χ1) is 11.4. The summed E-state index contributed by atoms with van der Waals surface area (Å²) in [5.41, 5.74) is 5.46. The maximum Gasteiger partial charge on any atom is 0.338 e. The molecule has 0 saturated carbocycles. The fourth-order valence-electron chi connectivity index (χ4n) is 1.77. The number of esters is 1. The van der Waals surface area contributed by atoms with Crippen LogP contribution in [0.1, 0.15) is 10.4 Å². The molecule has 24 heavy (non-hydrogen) atoms. The molecule has 0 fully saturated rings. The Morgan fingerprint density at radius 3 is 2.50 bits per heavy atom. The highest BCUT2D eigenvalue weighted by Crippen LogP contribution is 2.22. The zero-order chi connectivity index (χ0) is 17.7. The molecule has 2 aromatic rings. The van der Waals surface area contributed by atoms with E-state index in [1.807, 2.05) is 0 Å². The topological polar surface area (TPSA) is 125 Å². The van der Waals surface area contributed by atoms with Crippen LogP contribution in [0.15, 0.2) is 46.9 Å². The Hall–Kier alpha value is -2.94. The number of nitrogens with zero attached hydrogens (tertiary/aromatic N) is 1. The average molecular weight is 394 g/mol. The van der Waals surface area contributed by atoms with E-state index in [1.54, 1.807) is 24.3 Å². The Bertz CT molecular complexity index is 792. The Kier molecular flexibility index (Phi) is 5.48. The zero-order valence-electron chi connectivity index (χ0n) is 12.2. The molecule has 1 amide bonds. The van der Waals surface area contributed by atoms with E-state index < -0.39 is 29.1 Å². The summed E-state index contributed by atoms with van der Waals surface area (Å²) in [6, 6.07) is 10.4. The minimum Gasteiger partial charge on any atom is -0.452 e. The molecule has 0 saturated heterocycles. The number of anilines is 2. The molecule has 8 nitrogen and oxygen atoms in total. The van der Waals surface area contributed by atoms with E-state index in [0.29, 0.717) is 5.69 Å². The first-order valence-electron chi connectivity index (χ1n) is 6.63. The zero-order valence-corrected chi connectivity index (χ0v) is 13.8. The van der Waals surface area contributed by atoms with Crippen LogP contribution in [0.3, 0.4) is 0 Å². The standard InChI is InChI=1S/C15H12BrN3O5/c16-10-2-4-11(5-3-10)18-14(20)8-24-15(21)9-1-6-12(17)13(7-9)19(22)23/h1-7H,8,17H2,(H,18,20). The quantitative estimate of drug-likeness (QED) is 0.348. The molecule has 0 heterocycles. The molecule has 0 radical (unpaired) electrons. The summed E-state index contributed by atoms with van der Waals surface area (Å²) in [7, 11) is 0. The molecular weight excluding hydrogens is 382 g/mol. The second kappa shape index (κ2) is 7.55. The number of halogens is 1. The van der Waals surface area contributed by atoms with Crippen molar-refractivity contribution >= 4 is 44.9 Å². The third kappa shape index (κ3) is 4.53. The predicted molar refractivity (Wildman–Crippen MR) is 90.6 cm³/mol. The summed E-state index contributed by atoms with van der Waals surface area (Å²) in [5, 5.41) is 13.3. The minimum absolute atomic E-state index is 0.0626. The highest BCUT2D eigenvalue weighted by Gasteiger charge is 2.17. The van der Waals surface area contributed by atoms with Crippen LogP contribution in [0.2, 0.25) is 0 Å². The summed E-state index contributed by atoms with van der Waals surface area (Å²) < 4.78 is 5.69. The van der Waals surface area contributed by atoms with Crippen LogP contribution in [0.4, 0.5) is 17.1 Å². The fraction of sp³-hybridized carbons (Fsp3) is 0.0667. The minimum atomic E-state index is -0.857. The van der Waals surface area contributed by atoms with Gasteiger partial charge in [-0.2, -0.15) is 0 Å². The first-order valence-corrected chi connectivity index (χ1v) is 7.42. The Labute approximate surface area is 144 Å². The molecule has 0 unspecified atom stereocenters. The monoisotopic (exact) mass is 393 g/mol. The molecule has 0 spiro atoms. The maximum atomic E-state index is 11.9. The van der Waals surface area contributed by atoms with E-state index in [1.165, 1.54) is 12.1 Å². The fourth-order valence-corrected chi connectivity index (χ4v) is 2.04. The lowest BCUT2D eigenvalue weighted by Gasteiger charge is -2.07. The van der Waals surface area contributed by atoms with Crippen LogP contribution in [-0.4, -0.2) is 23.4 Å². The number of nitrogen functional groups attached to an aromatic ring is 1. The number of nitro groups is 1. The number of nitrogens with two attached hydrogens (primary N) is 1. The van der Waals surface area contributed by atoms with Gasteiger partial charge in [-0.3, -0.25) is 14.9 Å². The Balaban J connectivity index is 1.95. The first kappa shape index (κ1) is 17.4. The normalized spacial score (nSPS) is 10.0. The van der Waals surface area contributed by atoms with Crippen molar-refractivity contribution in [2.45, 2.75) is 0 Å². The molecule has 3 N–H and O–H groups in total. The van der Waals surface area contributed by atoms with Crippen molar-refractivity contribution in [1.29, 1.82) is 0 Å². The molecule has 124 valence electrons. The average Bonchev–Trinajstić information content (AvgIpc) is 2.55. The second-order valence-electron chi connectivity index (χ2n) is 4.66. The molecule has 0 bridgehead atoms. The van der Waals surface area contributed by atoms with Crippen molar-refractivity contribution < 1.29 is 19.2 Å². The van der Waals surface area contributed by atoms with Gasteiger partial charge in [0.1, 0.15) is 5.69 Å². The van der Waals surface area contributed by atoms with Crippen LogP contribution >= 0.6 is 15.9 Å². The summed E-state index contributed by atoms with van der Waals surface area (Å²) >= 11 is 3.27.